The summed E-state index contributed by atoms with van der Waals surface area (Å²) >= 11 is 6.37. The quantitative estimate of drug-likeness (QED) is 0.659. The summed E-state index contributed by atoms with van der Waals surface area (Å²) in [4.78, 5) is 0. The van der Waals surface area contributed by atoms with Crippen LogP contribution < -0.4 is 11.3 Å². The van der Waals surface area contributed by atoms with E-state index in [1.165, 1.54) is 11.1 Å². The van der Waals surface area contributed by atoms with Gasteiger partial charge in [0.2, 0.25) is 0 Å². The van der Waals surface area contributed by atoms with Gasteiger partial charge in [-0.3, -0.25) is 11.3 Å². The Hall–Kier alpha value is -1.35. The van der Waals surface area contributed by atoms with Gasteiger partial charge in [-0.15, -0.1) is 0 Å². The summed E-state index contributed by atoms with van der Waals surface area (Å²) in [5.41, 5.74) is 6.62. The summed E-state index contributed by atoms with van der Waals surface area (Å²) in [6.45, 7) is 2.05. The van der Waals surface area contributed by atoms with Crippen LogP contribution in [0.3, 0.4) is 0 Å². The van der Waals surface area contributed by atoms with Crippen LogP contribution in [0.2, 0.25) is 5.02 Å². The highest BCUT2D eigenvalue weighted by molar-refractivity contribution is 6.31. The molecule has 2 aromatic rings. The number of hydrazine groups is 1. The van der Waals surface area contributed by atoms with E-state index in [4.69, 9.17) is 17.4 Å². The van der Waals surface area contributed by atoms with Crippen LogP contribution in [0.15, 0.2) is 48.5 Å². The first-order chi connectivity index (χ1) is 9.70. The molecule has 104 valence electrons. The first kappa shape index (κ1) is 13.6. The summed E-state index contributed by atoms with van der Waals surface area (Å²) < 4.78 is 0. The van der Waals surface area contributed by atoms with E-state index in [1.807, 2.05) is 13.0 Å². The molecule has 0 bridgehead atoms. The maximum atomic E-state index is 6.37. The van der Waals surface area contributed by atoms with E-state index < -0.39 is 0 Å². The average Bonchev–Trinajstić information content (AvgIpc) is 3.23. The highest BCUT2D eigenvalue weighted by Crippen LogP contribution is 2.54. The predicted molar refractivity (Wildman–Crippen MR) is 83.5 cm³/mol. The fourth-order valence-electron chi connectivity index (χ4n) is 2.99. The van der Waals surface area contributed by atoms with Gasteiger partial charge in [0.25, 0.3) is 0 Å². The molecule has 0 saturated heterocycles. The Labute approximate surface area is 124 Å². The maximum absolute atomic E-state index is 6.37. The second-order valence-electron chi connectivity index (χ2n) is 5.59. The first-order valence-electron chi connectivity index (χ1n) is 6.98. The molecule has 0 heterocycles. The molecule has 2 nitrogen and oxygen atoms in total. The lowest BCUT2D eigenvalue weighted by Crippen LogP contribution is -2.30. The van der Waals surface area contributed by atoms with E-state index in [1.54, 1.807) is 0 Å². The van der Waals surface area contributed by atoms with Gasteiger partial charge in [0.15, 0.2) is 0 Å². The monoisotopic (exact) mass is 286 g/mol. The van der Waals surface area contributed by atoms with Gasteiger partial charge in [0.05, 0.1) is 6.04 Å². The van der Waals surface area contributed by atoms with Gasteiger partial charge in [-0.2, -0.15) is 0 Å². The standard InChI is InChI=1S/C17H19ClN2/c1-11-7-8-13(16(18)9-11)17(20-19)15-10-14(15)12-5-3-2-4-6-12/h2-9,14-15,17,20H,10,19H2,1H3. The fourth-order valence-corrected chi connectivity index (χ4v) is 3.35. The van der Waals surface area contributed by atoms with E-state index in [0.717, 1.165) is 17.0 Å². The summed E-state index contributed by atoms with van der Waals surface area (Å²) in [7, 11) is 0. The van der Waals surface area contributed by atoms with Crippen molar-refractivity contribution in [2.24, 2.45) is 11.8 Å². The molecule has 1 aliphatic carbocycles. The fraction of sp³-hybridized carbons (Fsp3) is 0.294. The molecule has 1 saturated carbocycles. The Bertz CT molecular complexity index is 597. The summed E-state index contributed by atoms with van der Waals surface area (Å²) in [5, 5.41) is 0.798. The summed E-state index contributed by atoms with van der Waals surface area (Å²) in [6, 6.07) is 16.9. The van der Waals surface area contributed by atoms with Crippen molar-refractivity contribution >= 4 is 11.6 Å². The maximum Gasteiger partial charge on any atom is 0.0508 e. The highest BCUT2D eigenvalue weighted by atomic mass is 35.5. The molecule has 0 spiro atoms. The second kappa shape index (κ2) is 5.57. The first-order valence-corrected chi connectivity index (χ1v) is 7.35. The lowest BCUT2D eigenvalue weighted by molar-refractivity contribution is 0.487. The molecule has 3 N–H and O–H groups in total. The van der Waals surface area contributed by atoms with Crippen LogP contribution in [0.1, 0.15) is 35.1 Å². The van der Waals surface area contributed by atoms with Crippen LogP contribution in [0.4, 0.5) is 0 Å². The predicted octanol–water partition coefficient (Wildman–Crippen LogP) is 3.96. The SMILES string of the molecule is Cc1ccc(C(NN)C2CC2c2ccccc2)c(Cl)c1. The smallest absolute Gasteiger partial charge is 0.0508 e. The van der Waals surface area contributed by atoms with Crippen molar-refractivity contribution in [2.75, 3.05) is 0 Å². The van der Waals surface area contributed by atoms with E-state index in [0.29, 0.717) is 11.8 Å². The minimum absolute atomic E-state index is 0.119. The number of halogens is 1. The molecule has 0 amide bonds. The van der Waals surface area contributed by atoms with Crippen LogP contribution in [-0.2, 0) is 0 Å². The average molecular weight is 287 g/mol. The van der Waals surface area contributed by atoms with Crippen molar-refractivity contribution in [3.05, 3.63) is 70.2 Å². The Morgan fingerprint density at radius 3 is 2.60 bits per heavy atom. The number of hydrogen-bond donors (Lipinski definition) is 2. The third-order valence-electron chi connectivity index (χ3n) is 4.17. The van der Waals surface area contributed by atoms with Crippen LogP contribution in [0, 0.1) is 12.8 Å². The van der Waals surface area contributed by atoms with Crippen molar-refractivity contribution in [1.82, 2.24) is 5.43 Å². The molecular weight excluding hydrogens is 268 g/mol. The van der Waals surface area contributed by atoms with Crippen molar-refractivity contribution < 1.29 is 0 Å². The molecule has 2 aromatic carbocycles. The third kappa shape index (κ3) is 2.59. The molecule has 3 heteroatoms. The lowest BCUT2D eigenvalue weighted by Gasteiger charge is -2.18. The Balaban J connectivity index is 1.82. The second-order valence-corrected chi connectivity index (χ2v) is 5.99. The molecular formula is C17H19ClN2. The Kier molecular flexibility index (Phi) is 3.79. The van der Waals surface area contributed by atoms with Crippen LogP contribution in [0.5, 0.6) is 0 Å². The number of aryl methyl sites for hydroxylation is 1. The zero-order valence-electron chi connectivity index (χ0n) is 11.5. The van der Waals surface area contributed by atoms with Crippen LogP contribution in [0.25, 0.3) is 0 Å². The zero-order chi connectivity index (χ0) is 14.1. The third-order valence-corrected chi connectivity index (χ3v) is 4.49. The largest absolute Gasteiger partial charge is 0.271 e. The van der Waals surface area contributed by atoms with Gasteiger partial charge in [0, 0.05) is 5.02 Å². The highest BCUT2D eigenvalue weighted by Gasteiger charge is 2.44. The normalized spacial score (nSPS) is 22.6. The number of hydrogen-bond acceptors (Lipinski definition) is 2. The van der Waals surface area contributed by atoms with E-state index in [-0.39, 0.29) is 6.04 Å². The molecule has 1 fully saturated rings. The lowest BCUT2D eigenvalue weighted by atomic mass is 9.98. The zero-order valence-corrected chi connectivity index (χ0v) is 12.3. The summed E-state index contributed by atoms with van der Waals surface area (Å²) in [5.74, 6) is 6.88. The van der Waals surface area contributed by atoms with Gasteiger partial charge < -0.3 is 0 Å². The molecule has 0 radical (unpaired) electrons. The number of benzene rings is 2. The minimum Gasteiger partial charge on any atom is -0.271 e. The van der Waals surface area contributed by atoms with Gasteiger partial charge in [0.1, 0.15) is 0 Å². The van der Waals surface area contributed by atoms with Crippen molar-refractivity contribution in [2.45, 2.75) is 25.3 Å². The molecule has 0 aromatic heterocycles. The van der Waals surface area contributed by atoms with Crippen molar-refractivity contribution in [1.29, 1.82) is 0 Å². The van der Waals surface area contributed by atoms with Crippen LogP contribution >= 0.6 is 11.6 Å². The number of nitrogens with one attached hydrogen (secondary N) is 1. The van der Waals surface area contributed by atoms with Gasteiger partial charge in [-0.25, -0.2) is 0 Å². The van der Waals surface area contributed by atoms with E-state index in [9.17, 15) is 0 Å². The molecule has 3 rings (SSSR count). The molecule has 3 unspecified atom stereocenters. The van der Waals surface area contributed by atoms with Gasteiger partial charge in [-0.05, 0) is 47.9 Å². The molecule has 20 heavy (non-hydrogen) atoms. The van der Waals surface area contributed by atoms with Gasteiger partial charge in [-0.1, -0.05) is 54.1 Å². The van der Waals surface area contributed by atoms with Gasteiger partial charge >= 0.3 is 0 Å². The minimum atomic E-state index is 0.119. The van der Waals surface area contributed by atoms with E-state index >= 15 is 0 Å². The number of nitrogens with two attached hydrogens (primary N) is 1. The summed E-state index contributed by atoms with van der Waals surface area (Å²) in [6.07, 6.45) is 1.16. The van der Waals surface area contributed by atoms with Crippen molar-refractivity contribution in [3.63, 3.8) is 0 Å². The Morgan fingerprint density at radius 2 is 1.95 bits per heavy atom. The van der Waals surface area contributed by atoms with Crippen LogP contribution in [-0.4, -0.2) is 0 Å². The number of rotatable bonds is 4. The molecule has 3 atom stereocenters. The van der Waals surface area contributed by atoms with E-state index in [2.05, 4.69) is 47.9 Å². The molecule has 1 aliphatic rings. The molecule has 0 aliphatic heterocycles. The Morgan fingerprint density at radius 1 is 1.20 bits per heavy atom. The topological polar surface area (TPSA) is 38.0 Å². The van der Waals surface area contributed by atoms with Crippen molar-refractivity contribution in [3.8, 4) is 0 Å².